The second-order valence-electron chi connectivity index (χ2n) is 8.72. The van der Waals surface area contributed by atoms with E-state index in [1.165, 1.54) is 0 Å². The lowest BCUT2D eigenvalue weighted by Gasteiger charge is -2.27. The first-order valence-electron chi connectivity index (χ1n) is 11.7. The van der Waals surface area contributed by atoms with Crippen LogP contribution in [0.2, 0.25) is 5.02 Å². The van der Waals surface area contributed by atoms with E-state index >= 15 is 0 Å². The molecule has 0 saturated heterocycles. The van der Waals surface area contributed by atoms with E-state index < -0.39 is 0 Å². The third kappa shape index (κ3) is 5.97. The van der Waals surface area contributed by atoms with E-state index in [9.17, 15) is 4.79 Å². The molecule has 35 heavy (non-hydrogen) atoms. The van der Waals surface area contributed by atoms with Crippen LogP contribution in [0.15, 0.2) is 64.1 Å². The Kier molecular flexibility index (Phi) is 8.31. The van der Waals surface area contributed by atoms with E-state index in [1.807, 2.05) is 48.5 Å². The number of halogens is 1. The summed E-state index contributed by atoms with van der Waals surface area (Å²) in [6.45, 7) is 8.15. The topological polar surface area (TPSA) is 55.2 Å². The van der Waals surface area contributed by atoms with Crippen molar-refractivity contribution < 1.29 is 18.7 Å². The molecule has 1 atom stereocenters. The Morgan fingerprint density at radius 2 is 2.06 bits per heavy atom. The van der Waals surface area contributed by atoms with Gasteiger partial charge in [-0.2, -0.15) is 0 Å². The maximum Gasteiger partial charge on any atom is 0.225 e. The minimum atomic E-state index is -0.266. The Balaban J connectivity index is 1.49. The lowest BCUT2D eigenvalue weighted by atomic mass is 10.1. The first-order valence-corrected chi connectivity index (χ1v) is 13.0. The van der Waals surface area contributed by atoms with E-state index in [2.05, 4.69) is 18.7 Å². The van der Waals surface area contributed by atoms with Crippen molar-refractivity contribution in [2.24, 2.45) is 0 Å². The molecule has 186 valence electrons. The lowest BCUT2D eigenvalue weighted by molar-refractivity contribution is -0.116. The van der Waals surface area contributed by atoms with Crippen molar-refractivity contribution >= 4 is 35.0 Å². The van der Waals surface area contributed by atoms with E-state index in [1.54, 1.807) is 37.0 Å². The standard InChI is InChI=1S/C27H31ClN2O4S/c1-18(2)29(17-22-7-5-13-33-22)12-6-14-34-25-11-9-21(32-4)16-23(25)27-30(19(3)31)24-10-8-20(28)15-26(24)35-27/h5,7-11,13,15-16,18,27H,6,12,14,17H2,1-4H3. The summed E-state index contributed by atoms with van der Waals surface area (Å²) in [7, 11) is 1.64. The molecule has 1 aliphatic rings. The molecule has 4 rings (SSSR count). The van der Waals surface area contributed by atoms with Crippen molar-refractivity contribution in [1.29, 1.82) is 0 Å². The average molecular weight is 515 g/mol. The second-order valence-corrected chi connectivity index (χ2v) is 10.3. The average Bonchev–Trinajstić information content (AvgIpc) is 3.48. The number of hydrogen-bond donors (Lipinski definition) is 0. The number of methoxy groups -OCH3 is 1. The van der Waals surface area contributed by atoms with Crippen LogP contribution in [-0.4, -0.2) is 37.1 Å². The van der Waals surface area contributed by atoms with Gasteiger partial charge in [0.1, 0.15) is 22.6 Å². The molecule has 1 aliphatic heterocycles. The quantitative estimate of drug-likeness (QED) is 0.278. The van der Waals surface area contributed by atoms with Crippen LogP contribution in [0.3, 0.4) is 0 Å². The number of carbonyl (C=O) groups is 1. The molecular formula is C27H31ClN2O4S. The summed E-state index contributed by atoms with van der Waals surface area (Å²) in [6.07, 6.45) is 2.56. The third-order valence-corrected chi connectivity index (χ3v) is 7.50. The number of benzene rings is 2. The monoisotopic (exact) mass is 514 g/mol. The molecule has 1 unspecified atom stereocenters. The molecule has 0 radical (unpaired) electrons. The van der Waals surface area contributed by atoms with Crippen molar-refractivity contribution in [3.63, 3.8) is 0 Å². The van der Waals surface area contributed by atoms with Gasteiger partial charge < -0.3 is 13.9 Å². The Morgan fingerprint density at radius 3 is 2.74 bits per heavy atom. The smallest absolute Gasteiger partial charge is 0.225 e. The van der Waals surface area contributed by atoms with Gasteiger partial charge in [0.15, 0.2) is 0 Å². The molecule has 0 N–H and O–H groups in total. The molecule has 0 saturated carbocycles. The fraction of sp³-hybridized carbons (Fsp3) is 0.370. The van der Waals surface area contributed by atoms with Crippen LogP contribution in [0.5, 0.6) is 11.5 Å². The Hall–Kier alpha value is -2.61. The zero-order valence-corrected chi connectivity index (χ0v) is 22.1. The van der Waals surface area contributed by atoms with Crippen LogP contribution < -0.4 is 14.4 Å². The normalized spacial score (nSPS) is 15.1. The third-order valence-electron chi connectivity index (χ3n) is 5.99. The van der Waals surface area contributed by atoms with E-state index in [0.29, 0.717) is 17.7 Å². The molecule has 0 spiro atoms. The highest BCUT2D eigenvalue weighted by Gasteiger charge is 2.36. The maximum atomic E-state index is 12.7. The summed E-state index contributed by atoms with van der Waals surface area (Å²) in [5, 5.41) is 0.379. The molecule has 6 nitrogen and oxygen atoms in total. The Labute approximate surface area is 216 Å². The van der Waals surface area contributed by atoms with Crippen molar-refractivity contribution in [2.45, 2.75) is 50.0 Å². The highest BCUT2D eigenvalue weighted by atomic mass is 35.5. The van der Waals surface area contributed by atoms with Gasteiger partial charge in [0.2, 0.25) is 5.91 Å². The summed E-state index contributed by atoms with van der Waals surface area (Å²) in [6, 6.07) is 15.7. The summed E-state index contributed by atoms with van der Waals surface area (Å²) in [5.74, 6) is 2.38. The summed E-state index contributed by atoms with van der Waals surface area (Å²) < 4.78 is 17.3. The van der Waals surface area contributed by atoms with Crippen LogP contribution in [0.4, 0.5) is 5.69 Å². The lowest BCUT2D eigenvalue weighted by Crippen LogP contribution is -2.32. The second kappa shape index (κ2) is 11.4. The van der Waals surface area contributed by atoms with Gasteiger partial charge in [0.05, 0.1) is 32.2 Å². The highest BCUT2D eigenvalue weighted by Crippen LogP contribution is 2.54. The van der Waals surface area contributed by atoms with Crippen LogP contribution in [0.25, 0.3) is 0 Å². The van der Waals surface area contributed by atoms with Crippen LogP contribution >= 0.6 is 23.4 Å². The van der Waals surface area contributed by atoms with E-state index in [-0.39, 0.29) is 11.3 Å². The predicted octanol–water partition coefficient (Wildman–Crippen LogP) is 6.78. The highest BCUT2D eigenvalue weighted by molar-refractivity contribution is 8.00. The largest absolute Gasteiger partial charge is 0.497 e. The van der Waals surface area contributed by atoms with E-state index in [4.69, 9.17) is 25.5 Å². The van der Waals surface area contributed by atoms with Gasteiger partial charge in [0, 0.05) is 35.0 Å². The molecule has 1 amide bonds. The molecule has 1 aromatic heterocycles. The van der Waals surface area contributed by atoms with Gasteiger partial charge in [-0.05, 0) is 68.8 Å². The Morgan fingerprint density at radius 1 is 1.23 bits per heavy atom. The molecule has 3 aromatic rings. The van der Waals surface area contributed by atoms with Crippen LogP contribution in [0, 0.1) is 0 Å². The minimum absolute atomic E-state index is 0.0390. The molecular weight excluding hydrogens is 484 g/mol. The van der Waals surface area contributed by atoms with Crippen molar-refractivity contribution in [2.75, 3.05) is 25.2 Å². The van der Waals surface area contributed by atoms with Crippen LogP contribution in [-0.2, 0) is 11.3 Å². The Bertz CT molecular complexity index is 1150. The number of hydrogen-bond acceptors (Lipinski definition) is 6. The number of anilines is 1. The SMILES string of the molecule is COc1ccc(OCCCN(Cc2ccco2)C(C)C)c(C2Sc3cc(Cl)ccc3N2C(C)=O)c1. The van der Waals surface area contributed by atoms with E-state index in [0.717, 1.165) is 52.9 Å². The fourth-order valence-corrected chi connectivity index (χ4v) is 5.81. The number of thioether (sulfide) groups is 1. The molecule has 0 aliphatic carbocycles. The number of nitrogens with zero attached hydrogens (tertiary/aromatic N) is 2. The van der Waals surface area contributed by atoms with Gasteiger partial charge >= 0.3 is 0 Å². The number of carbonyl (C=O) groups excluding carboxylic acids is 1. The zero-order valence-electron chi connectivity index (χ0n) is 20.5. The van der Waals surface area contributed by atoms with Crippen molar-refractivity contribution in [1.82, 2.24) is 4.90 Å². The number of amides is 1. The number of fused-ring (bicyclic) bond motifs is 1. The zero-order chi connectivity index (χ0) is 24.9. The van der Waals surface area contributed by atoms with Crippen molar-refractivity contribution in [3.05, 3.63) is 71.1 Å². The summed E-state index contributed by atoms with van der Waals surface area (Å²) in [4.78, 5) is 17.8. The molecule has 2 aromatic carbocycles. The van der Waals surface area contributed by atoms with Crippen LogP contribution in [0.1, 0.15) is 43.9 Å². The van der Waals surface area contributed by atoms with Gasteiger partial charge in [-0.1, -0.05) is 23.4 Å². The number of ether oxygens (including phenoxy) is 2. The predicted molar refractivity (Wildman–Crippen MR) is 141 cm³/mol. The minimum Gasteiger partial charge on any atom is -0.497 e. The van der Waals surface area contributed by atoms with Gasteiger partial charge in [0.25, 0.3) is 0 Å². The summed E-state index contributed by atoms with van der Waals surface area (Å²) in [5.41, 5.74) is 1.75. The van der Waals surface area contributed by atoms with Gasteiger partial charge in [-0.15, -0.1) is 0 Å². The molecule has 0 fully saturated rings. The first-order chi connectivity index (χ1) is 16.9. The van der Waals surface area contributed by atoms with Crippen molar-refractivity contribution in [3.8, 4) is 11.5 Å². The maximum absolute atomic E-state index is 12.7. The first kappa shape index (κ1) is 25.5. The fourth-order valence-electron chi connectivity index (χ4n) is 4.17. The summed E-state index contributed by atoms with van der Waals surface area (Å²) >= 11 is 7.82. The van der Waals surface area contributed by atoms with Gasteiger partial charge in [-0.25, -0.2) is 0 Å². The number of furan rings is 1. The molecule has 0 bridgehead atoms. The molecule has 8 heteroatoms. The number of rotatable bonds is 10. The molecule has 2 heterocycles. The van der Waals surface area contributed by atoms with Gasteiger partial charge in [-0.3, -0.25) is 14.6 Å².